The van der Waals surface area contributed by atoms with Crippen molar-refractivity contribution in [1.29, 1.82) is 0 Å². The first-order valence-corrected chi connectivity index (χ1v) is 5.90. The zero-order valence-electron chi connectivity index (χ0n) is 7.58. The molecule has 0 radical (unpaired) electrons. The number of fused-ring (bicyclic) bond motifs is 1. The molecule has 0 atom stereocenters. The van der Waals surface area contributed by atoms with Gasteiger partial charge in [0.25, 0.3) is 0 Å². The van der Waals surface area contributed by atoms with Gasteiger partial charge in [0.2, 0.25) is 0 Å². The maximum atomic E-state index is 5.78. The van der Waals surface area contributed by atoms with E-state index in [2.05, 4.69) is 18.7 Å². The van der Waals surface area contributed by atoms with Crippen LogP contribution in [0.15, 0.2) is 23.1 Å². The standard InChI is InChI=1S/C10H9ClOS2/c1-12-10-4-7-8(13)2-6(5-11)3-9(7)14-10/h2-4,13H,5H2,1H3. The van der Waals surface area contributed by atoms with Crippen LogP contribution in [0.5, 0.6) is 5.06 Å². The molecule has 0 bridgehead atoms. The van der Waals surface area contributed by atoms with Crippen LogP contribution < -0.4 is 4.74 Å². The largest absolute Gasteiger partial charge is 0.487 e. The van der Waals surface area contributed by atoms with E-state index in [1.165, 1.54) is 4.70 Å². The number of hydrogen-bond donors (Lipinski definition) is 1. The Morgan fingerprint density at radius 3 is 2.86 bits per heavy atom. The topological polar surface area (TPSA) is 9.23 Å². The molecule has 0 saturated carbocycles. The summed E-state index contributed by atoms with van der Waals surface area (Å²) in [7, 11) is 1.67. The molecule has 0 N–H and O–H groups in total. The Morgan fingerprint density at radius 2 is 2.21 bits per heavy atom. The molecule has 4 heteroatoms. The molecular formula is C10H9ClOS2. The third-order valence-electron chi connectivity index (χ3n) is 2.01. The van der Waals surface area contributed by atoms with Gasteiger partial charge in [-0.1, -0.05) is 11.3 Å². The van der Waals surface area contributed by atoms with Gasteiger partial charge in [-0.15, -0.1) is 24.2 Å². The predicted molar refractivity (Wildman–Crippen MR) is 65.2 cm³/mol. The summed E-state index contributed by atoms with van der Waals surface area (Å²) in [6.07, 6.45) is 0. The first-order chi connectivity index (χ1) is 6.74. The van der Waals surface area contributed by atoms with Crippen molar-refractivity contribution in [2.24, 2.45) is 0 Å². The summed E-state index contributed by atoms with van der Waals surface area (Å²) >= 11 is 11.8. The SMILES string of the molecule is COc1cc2c(S)cc(CCl)cc2s1. The second-order valence-corrected chi connectivity index (χ2v) is 4.73. The van der Waals surface area contributed by atoms with Crippen LogP contribution in [0, 0.1) is 0 Å². The fraction of sp³-hybridized carbons (Fsp3) is 0.200. The van der Waals surface area contributed by atoms with Crippen molar-refractivity contribution in [2.75, 3.05) is 7.11 Å². The molecule has 1 nitrogen and oxygen atoms in total. The van der Waals surface area contributed by atoms with Gasteiger partial charge in [-0.3, -0.25) is 0 Å². The molecule has 1 aromatic heterocycles. The van der Waals surface area contributed by atoms with Gasteiger partial charge in [0.05, 0.1) is 7.11 Å². The Bertz CT molecular complexity index is 464. The lowest BCUT2D eigenvalue weighted by atomic mass is 10.2. The molecule has 1 aromatic carbocycles. The molecule has 0 saturated heterocycles. The number of thiophene rings is 1. The first kappa shape index (κ1) is 10.1. The normalized spacial score (nSPS) is 10.8. The minimum atomic E-state index is 0.518. The average molecular weight is 245 g/mol. The predicted octanol–water partition coefficient (Wildman–Crippen LogP) is 3.94. The van der Waals surface area contributed by atoms with E-state index in [1.807, 2.05) is 12.1 Å². The summed E-state index contributed by atoms with van der Waals surface area (Å²) in [6.45, 7) is 0. The zero-order chi connectivity index (χ0) is 10.1. The summed E-state index contributed by atoms with van der Waals surface area (Å²) in [5, 5.41) is 2.03. The molecule has 74 valence electrons. The highest BCUT2D eigenvalue weighted by Gasteiger charge is 2.06. The van der Waals surface area contributed by atoms with Gasteiger partial charge in [0.1, 0.15) is 0 Å². The number of alkyl halides is 1. The lowest BCUT2D eigenvalue weighted by molar-refractivity contribution is 0.427. The molecule has 0 aliphatic carbocycles. The van der Waals surface area contributed by atoms with Gasteiger partial charge < -0.3 is 4.74 Å². The highest BCUT2D eigenvalue weighted by atomic mass is 35.5. The van der Waals surface area contributed by atoms with E-state index < -0.39 is 0 Å². The average Bonchev–Trinajstić information content (AvgIpc) is 2.61. The van der Waals surface area contributed by atoms with Crippen molar-refractivity contribution in [1.82, 2.24) is 0 Å². The van der Waals surface area contributed by atoms with E-state index in [1.54, 1.807) is 18.4 Å². The number of halogens is 1. The molecule has 0 unspecified atom stereocenters. The molecule has 2 rings (SSSR count). The molecule has 0 aliphatic rings. The fourth-order valence-corrected chi connectivity index (χ4v) is 2.88. The lowest BCUT2D eigenvalue weighted by Crippen LogP contribution is -1.77. The third kappa shape index (κ3) is 1.72. The molecule has 0 amide bonds. The van der Waals surface area contributed by atoms with Crippen LogP contribution >= 0.6 is 35.6 Å². The number of rotatable bonds is 2. The van der Waals surface area contributed by atoms with Crippen molar-refractivity contribution in [3.8, 4) is 5.06 Å². The molecule has 0 aliphatic heterocycles. The minimum absolute atomic E-state index is 0.518. The van der Waals surface area contributed by atoms with Crippen molar-refractivity contribution < 1.29 is 4.74 Å². The lowest BCUT2D eigenvalue weighted by Gasteiger charge is -1.98. The number of hydrogen-bond acceptors (Lipinski definition) is 3. The van der Waals surface area contributed by atoms with E-state index in [0.717, 1.165) is 20.9 Å². The summed E-state index contributed by atoms with van der Waals surface area (Å²) in [5.74, 6) is 0.518. The van der Waals surface area contributed by atoms with Gasteiger partial charge in [-0.05, 0) is 17.7 Å². The number of thiol groups is 1. The molecule has 2 aromatic rings. The molecule has 1 heterocycles. The number of benzene rings is 1. The highest BCUT2D eigenvalue weighted by Crippen LogP contribution is 2.36. The molecule has 0 fully saturated rings. The van der Waals surface area contributed by atoms with Crippen LogP contribution in [-0.4, -0.2) is 7.11 Å². The van der Waals surface area contributed by atoms with Crippen LogP contribution in [-0.2, 0) is 5.88 Å². The Kier molecular flexibility index (Phi) is 2.91. The van der Waals surface area contributed by atoms with Crippen LogP contribution in [0.3, 0.4) is 0 Å². The van der Waals surface area contributed by atoms with E-state index >= 15 is 0 Å². The van der Waals surface area contributed by atoms with Gasteiger partial charge in [0, 0.05) is 26.9 Å². The molecule has 14 heavy (non-hydrogen) atoms. The fourth-order valence-electron chi connectivity index (χ4n) is 1.33. The summed E-state index contributed by atoms with van der Waals surface area (Å²) < 4.78 is 6.35. The van der Waals surface area contributed by atoms with Crippen LogP contribution in [0.2, 0.25) is 0 Å². The zero-order valence-corrected chi connectivity index (χ0v) is 10.0. The summed E-state index contributed by atoms with van der Waals surface area (Å²) in [6, 6.07) is 6.07. The van der Waals surface area contributed by atoms with Crippen LogP contribution in [0.1, 0.15) is 5.56 Å². The second-order valence-electron chi connectivity index (χ2n) is 2.93. The highest BCUT2D eigenvalue weighted by molar-refractivity contribution is 7.80. The Balaban J connectivity index is 2.67. The quantitative estimate of drug-likeness (QED) is 0.622. The molecule has 0 spiro atoms. The van der Waals surface area contributed by atoms with Gasteiger partial charge in [-0.25, -0.2) is 0 Å². The van der Waals surface area contributed by atoms with Crippen molar-refractivity contribution in [2.45, 2.75) is 10.8 Å². The summed E-state index contributed by atoms with van der Waals surface area (Å²) in [4.78, 5) is 0.956. The van der Waals surface area contributed by atoms with Gasteiger partial charge >= 0.3 is 0 Å². The third-order valence-corrected chi connectivity index (χ3v) is 3.73. The van der Waals surface area contributed by atoms with Crippen molar-refractivity contribution in [3.63, 3.8) is 0 Å². The molecular weight excluding hydrogens is 236 g/mol. The number of ether oxygens (including phenoxy) is 1. The van der Waals surface area contributed by atoms with Gasteiger partial charge in [0.15, 0.2) is 5.06 Å². The van der Waals surface area contributed by atoms with E-state index in [-0.39, 0.29) is 0 Å². The Hall–Kier alpha value is -0.380. The van der Waals surface area contributed by atoms with Crippen LogP contribution in [0.25, 0.3) is 10.1 Å². The first-order valence-electron chi connectivity index (χ1n) is 4.10. The maximum absolute atomic E-state index is 5.78. The van der Waals surface area contributed by atoms with Gasteiger partial charge in [-0.2, -0.15) is 0 Å². The van der Waals surface area contributed by atoms with E-state index in [0.29, 0.717) is 5.88 Å². The van der Waals surface area contributed by atoms with E-state index in [4.69, 9.17) is 16.3 Å². The summed E-state index contributed by atoms with van der Waals surface area (Å²) in [5.41, 5.74) is 1.09. The minimum Gasteiger partial charge on any atom is -0.487 e. The second kappa shape index (κ2) is 4.01. The Labute approximate surface area is 97.1 Å². The van der Waals surface area contributed by atoms with E-state index in [9.17, 15) is 0 Å². The van der Waals surface area contributed by atoms with Crippen LogP contribution in [0.4, 0.5) is 0 Å². The van der Waals surface area contributed by atoms with Crippen molar-refractivity contribution >= 4 is 45.7 Å². The number of methoxy groups -OCH3 is 1. The maximum Gasteiger partial charge on any atom is 0.174 e. The van der Waals surface area contributed by atoms with Crippen molar-refractivity contribution in [3.05, 3.63) is 23.8 Å². The monoisotopic (exact) mass is 244 g/mol. The Morgan fingerprint density at radius 1 is 1.43 bits per heavy atom. The smallest absolute Gasteiger partial charge is 0.174 e.